The van der Waals surface area contributed by atoms with Crippen LogP contribution in [0.2, 0.25) is 0 Å². The second kappa shape index (κ2) is 10.2. The molecule has 1 saturated carbocycles. The third-order valence-corrected chi connectivity index (χ3v) is 9.27. The summed E-state index contributed by atoms with van der Waals surface area (Å²) in [6, 6.07) is 11.7. The summed E-state index contributed by atoms with van der Waals surface area (Å²) in [5.74, 6) is 2.08. The lowest BCUT2D eigenvalue weighted by atomic mass is 9.92. The Morgan fingerprint density at radius 1 is 0.854 bits per heavy atom. The van der Waals surface area contributed by atoms with E-state index in [9.17, 15) is 0 Å². The highest BCUT2D eigenvalue weighted by atomic mass is 15.1. The van der Waals surface area contributed by atoms with Crippen LogP contribution in [0.4, 0.5) is 0 Å². The topological polar surface area (TPSA) is 75.2 Å². The first-order valence-corrected chi connectivity index (χ1v) is 15.3. The third kappa shape index (κ3) is 4.63. The first kappa shape index (κ1) is 26.0. The first-order chi connectivity index (χ1) is 19.9. The van der Waals surface area contributed by atoms with Gasteiger partial charge >= 0.3 is 0 Å². The Hall–Kier alpha value is -3.93. The fourth-order valence-corrected chi connectivity index (χ4v) is 7.00. The Kier molecular flexibility index (Phi) is 6.44. The number of fused-ring (bicyclic) bond motifs is 3. The van der Waals surface area contributed by atoms with Crippen LogP contribution in [-0.4, -0.2) is 29.5 Å². The van der Waals surface area contributed by atoms with Crippen LogP contribution in [0.1, 0.15) is 99.2 Å². The maximum Gasteiger partial charge on any atom is 0.140 e. The van der Waals surface area contributed by atoms with Crippen molar-refractivity contribution in [3.63, 3.8) is 0 Å². The Morgan fingerprint density at radius 2 is 1.66 bits per heavy atom. The van der Waals surface area contributed by atoms with Crippen molar-refractivity contribution in [3.8, 4) is 0 Å². The normalized spacial score (nSPS) is 17.9. The molecule has 3 atom stereocenters. The van der Waals surface area contributed by atoms with Crippen LogP contribution >= 0.6 is 0 Å². The van der Waals surface area contributed by atoms with Gasteiger partial charge in [-0.1, -0.05) is 34.6 Å². The Labute approximate surface area is 241 Å². The minimum atomic E-state index is 0.455. The van der Waals surface area contributed by atoms with Gasteiger partial charge in [-0.2, -0.15) is 0 Å². The lowest BCUT2D eigenvalue weighted by Crippen LogP contribution is -2.03. The number of aromatic amines is 2. The van der Waals surface area contributed by atoms with Gasteiger partial charge in [-0.3, -0.25) is 0 Å². The second-order valence-corrected chi connectivity index (χ2v) is 12.8. The molecule has 0 amide bonds. The highest BCUT2D eigenvalue weighted by Gasteiger charge is 2.40. The summed E-state index contributed by atoms with van der Waals surface area (Å²) in [7, 11) is 0. The molecule has 1 aliphatic rings. The quantitative estimate of drug-likeness (QED) is 0.191. The van der Waals surface area contributed by atoms with E-state index in [4.69, 9.17) is 9.97 Å². The highest BCUT2D eigenvalue weighted by Crippen LogP contribution is 2.50. The molecular formula is C35H40N6. The van der Waals surface area contributed by atoms with Crippen LogP contribution in [0.3, 0.4) is 0 Å². The van der Waals surface area contributed by atoms with Crippen LogP contribution in [0.5, 0.6) is 0 Å². The van der Waals surface area contributed by atoms with Crippen LogP contribution in [0.25, 0.3) is 33.1 Å². The van der Waals surface area contributed by atoms with E-state index >= 15 is 0 Å². The number of aryl methyl sites for hydroxylation is 2. The molecule has 0 radical (unpaired) electrons. The van der Waals surface area contributed by atoms with E-state index in [-0.39, 0.29) is 0 Å². The standard InChI is InChI=1S/C35H40N6/c1-20(2)26-8-14-38-35-29(26)11-15-41(35)31-17-24(31)16-22(5)30-18-25(40-33-28(30)10-13-36-33)7-6-23-19-39-34-32(23)27(21(3)4)9-12-37-34/h8-15,18-22,24,31H,6-7,16-17H2,1-5H3,(H,36,40)(H,37,39). The fraction of sp³-hybridized carbons (Fsp3) is 0.400. The summed E-state index contributed by atoms with van der Waals surface area (Å²) in [5, 5.41) is 3.84. The number of H-pyrrole nitrogens is 2. The second-order valence-electron chi connectivity index (χ2n) is 12.8. The molecule has 6 heteroatoms. The van der Waals surface area contributed by atoms with Gasteiger partial charge in [0.25, 0.3) is 0 Å². The van der Waals surface area contributed by atoms with Crippen LogP contribution in [0.15, 0.2) is 61.3 Å². The molecule has 6 aromatic rings. The number of hydrogen-bond donors (Lipinski definition) is 2. The first-order valence-electron chi connectivity index (χ1n) is 15.3. The van der Waals surface area contributed by atoms with Gasteiger partial charge in [0, 0.05) is 58.9 Å². The summed E-state index contributed by atoms with van der Waals surface area (Å²) >= 11 is 0. The van der Waals surface area contributed by atoms with E-state index in [1.807, 2.05) is 18.6 Å². The van der Waals surface area contributed by atoms with Gasteiger partial charge in [0.15, 0.2) is 0 Å². The van der Waals surface area contributed by atoms with Gasteiger partial charge in [-0.05, 0) is 102 Å². The summed E-state index contributed by atoms with van der Waals surface area (Å²) in [6.07, 6.45) is 14.6. The Balaban J connectivity index is 1.11. The van der Waals surface area contributed by atoms with Gasteiger partial charge in [0.1, 0.15) is 16.9 Å². The van der Waals surface area contributed by atoms with Crippen molar-refractivity contribution in [2.24, 2.45) is 5.92 Å². The van der Waals surface area contributed by atoms with E-state index in [1.165, 1.54) is 51.3 Å². The molecule has 210 valence electrons. The maximum absolute atomic E-state index is 5.03. The van der Waals surface area contributed by atoms with Gasteiger partial charge < -0.3 is 14.5 Å². The zero-order valence-corrected chi connectivity index (χ0v) is 24.8. The van der Waals surface area contributed by atoms with Crippen molar-refractivity contribution in [2.45, 2.75) is 84.1 Å². The number of nitrogens with one attached hydrogen (secondary N) is 2. The number of hydrogen-bond acceptors (Lipinski definition) is 3. The Morgan fingerprint density at radius 3 is 2.49 bits per heavy atom. The van der Waals surface area contributed by atoms with Crippen LogP contribution in [0, 0.1) is 5.92 Å². The molecule has 0 bridgehead atoms. The molecule has 0 saturated heterocycles. The molecule has 6 aromatic heterocycles. The molecule has 6 heterocycles. The van der Waals surface area contributed by atoms with Crippen molar-refractivity contribution in [1.29, 1.82) is 0 Å². The SMILES string of the molecule is CC(C)c1ccnc2c1ccn2C1CC1CC(C)c1cc(CCc2c[nH]c3nccc(C(C)C)c23)nc2[nH]ccc12. The van der Waals surface area contributed by atoms with Crippen molar-refractivity contribution in [1.82, 2.24) is 29.5 Å². The van der Waals surface area contributed by atoms with E-state index in [0.717, 1.165) is 35.5 Å². The van der Waals surface area contributed by atoms with Gasteiger partial charge in [-0.25, -0.2) is 15.0 Å². The van der Waals surface area contributed by atoms with E-state index in [1.54, 1.807) is 0 Å². The zero-order chi connectivity index (χ0) is 28.2. The monoisotopic (exact) mass is 544 g/mol. The fourth-order valence-electron chi connectivity index (χ4n) is 7.00. The van der Waals surface area contributed by atoms with Gasteiger partial charge in [-0.15, -0.1) is 0 Å². The molecule has 0 spiro atoms. The lowest BCUT2D eigenvalue weighted by molar-refractivity contribution is 0.569. The van der Waals surface area contributed by atoms with Crippen molar-refractivity contribution >= 4 is 33.1 Å². The smallest absolute Gasteiger partial charge is 0.140 e. The molecule has 1 aliphatic carbocycles. The minimum absolute atomic E-state index is 0.455. The van der Waals surface area contributed by atoms with Crippen LogP contribution < -0.4 is 0 Å². The van der Waals surface area contributed by atoms with Crippen LogP contribution in [-0.2, 0) is 12.8 Å². The Bertz CT molecular complexity index is 1850. The predicted octanol–water partition coefficient (Wildman–Crippen LogP) is 8.58. The molecule has 41 heavy (non-hydrogen) atoms. The summed E-state index contributed by atoms with van der Waals surface area (Å²) in [5.41, 5.74) is 9.78. The molecular weight excluding hydrogens is 504 g/mol. The molecule has 1 fully saturated rings. The largest absolute Gasteiger partial charge is 0.346 e. The van der Waals surface area contributed by atoms with E-state index < -0.39 is 0 Å². The summed E-state index contributed by atoms with van der Waals surface area (Å²) < 4.78 is 2.43. The van der Waals surface area contributed by atoms with Crippen molar-refractivity contribution < 1.29 is 0 Å². The number of aromatic nitrogens is 6. The average Bonchev–Trinajstić information content (AvgIpc) is 3.31. The molecule has 7 rings (SSSR count). The lowest BCUT2D eigenvalue weighted by Gasteiger charge is -2.15. The van der Waals surface area contributed by atoms with Crippen molar-refractivity contribution in [3.05, 3.63) is 89.3 Å². The third-order valence-electron chi connectivity index (χ3n) is 9.27. The zero-order valence-electron chi connectivity index (χ0n) is 24.8. The number of pyridine rings is 3. The summed E-state index contributed by atoms with van der Waals surface area (Å²) in [4.78, 5) is 21.2. The van der Waals surface area contributed by atoms with Gasteiger partial charge in [0.05, 0.1) is 0 Å². The molecule has 0 aromatic carbocycles. The van der Waals surface area contributed by atoms with E-state index in [0.29, 0.717) is 29.7 Å². The molecule has 0 aliphatic heterocycles. The van der Waals surface area contributed by atoms with E-state index in [2.05, 4.69) is 96.9 Å². The number of nitrogens with zero attached hydrogens (tertiary/aromatic N) is 4. The maximum atomic E-state index is 5.03. The van der Waals surface area contributed by atoms with Gasteiger partial charge in [0.2, 0.25) is 0 Å². The summed E-state index contributed by atoms with van der Waals surface area (Å²) in [6.45, 7) is 11.4. The minimum Gasteiger partial charge on any atom is -0.346 e. The molecule has 3 unspecified atom stereocenters. The average molecular weight is 545 g/mol. The van der Waals surface area contributed by atoms with Crippen molar-refractivity contribution in [2.75, 3.05) is 0 Å². The molecule has 6 nitrogen and oxygen atoms in total. The predicted molar refractivity (Wildman–Crippen MR) is 168 cm³/mol. The highest BCUT2D eigenvalue weighted by molar-refractivity contribution is 5.84. The molecule has 2 N–H and O–H groups in total. The number of rotatable bonds is 9.